The third kappa shape index (κ3) is 3.03. The number of carbonyl (C=O) groups is 1. The van der Waals surface area contributed by atoms with Gasteiger partial charge in [-0.25, -0.2) is 8.42 Å². The molecule has 6 heteroatoms. The van der Waals surface area contributed by atoms with Gasteiger partial charge in [-0.1, -0.05) is 35.9 Å². The van der Waals surface area contributed by atoms with E-state index in [-0.39, 0.29) is 15.5 Å². The van der Waals surface area contributed by atoms with Crippen LogP contribution in [0.3, 0.4) is 0 Å². The SMILES string of the molecule is CS(=O)(=O)c1ccc(-c2cccc(C(=O)Cl)c2Cl)cc1. The first-order valence-corrected chi connectivity index (χ1v) is 8.24. The summed E-state index contributed by atoms with van der Waals surface area (Å²) in [6, 6.07) is 11.2. The second-order valence-corrected chi connectivity index (χ2v) is 6.97. The third-order valence-corrected chi connectivity index (χ3v) is 4.54. The van der Waals surface area contributed by atoms with Crippen molar-refractivity contribution < 1.29 is 13.2 Å². The van der Waals surface area contributed by atoms with Crippen LogP contribution in [0.15, 0.2) is 47.4 Å². The first kappa shape index (κ1) is 15.0. The average molecular weight is 329 g/mol. The summed E-state index contributed by atoms with van der Waals surface area (Å²) in [5, 5.41) is -0.385. The summed E-state index contributed by atoms with van der Waals surface area (Å²) in [5.41, 5.74) is 1.55. The zero-order valence-corrected chi connectivity index (χ0v) is 12.8. The molecular weight excluding hydrogens is 319 g/mol. The molecule has 0 unspecified atom stereocenters. The summed E-state index contributed by atoms with van der Waals surface area (Å²) in [6.07, 6.45) is 1.14. The Balaban J connectivity index is 2.53. The Morgan fingerprint density at radius 3 is 2.15 bits per heavy atom. The smallest absolute Gasteiger partial charge is 0.253 e. The average Bonchev–Trinajstić information content (AvgIpc) is 2.38. The maximum absolute atomic E-state index is 11.4. The lowest BCUT2D eigenvalue weighted by molar-refractivity contribution is 0.108. The molecular formula is C14H10Cl2O3S. The molecule has 0 saturated heterocycles. The van der Waals surface area contributed by atoms with Crippen LogP contribution in [-0.4, -0.2) is 19.9 Å². The Bertz CT molecular complexity index is 766. The molecule has 0 aliphatic carbocycles. The molecule has 0 fully saturated rings. The van der Waals surface area contributed by atoms with Crippen molar-refractivity contribution in [3.8, 4) is 11.1 Å². The molecule has 0 N–H and O–H groups in total. The maximum Gasteiger partial charge on any atom is 0.253 e. The number of rotatable bonds is 3. The van der Waals surface area contributed by atoms with E-state index in [9.17, 15) is 13.2 Å². The van der Waals surface area contributed by atoms with Crippen LogP contribution < -0.4 is 0 Å². The first-order valence-electron chi connectivity index (χ1n) is 5.59. The van der Waals surface area contributed by atoms with Gasteiger partial charge in [0.1, 0.15) is 0 Å². The second-order valence-electron chi connectivity index (χ2n) is 4.24. The molecule has 2 aromatic carbocycles. The molecule has 3 nitrogen and oxygen atoms in total. The van der Waals surface area contributed by atoms with Gasteiger partial charge in [0.15, 0.2) is 9.84 Å². The summed E-state index contributed by atoms with van der Waals surface area (Å²) in [5.74, 6) is 0. The van der Waals surface area contributed by atoms with E-state index in [4.69, 9.17) is 23.2 Å². The van der Waals surface area contributed by atoms with Gasteiger partial charge in [0.05, 0.1) is 15.5 Å². The molecule has 20 heavy (non-hydrogen) atoms. The highest BCUT2D eigenvalue weighted by atomic mass is 35.5. The minimum Gasteiger partial charge on any atom is -0.276 e. The number of hydrogen-bond acceptors (Lipinski definition) is 3. The van der Waals surface area contributed by atoms with Crippen molar-refractivity contribution in [1.29, 1.82) is 0 Å². The van der Waals surface area contributed by atoms with Crippen molar-refractivity contribution in [3.63, 3.8) is 0 Å². The minimum absolute atomic E-state index is 0.220. The van der Waals surface area contributed by atoms with Crippen molar-refractivity contribution in [2.75, 3.05) is 6.26 Å². The van der Waals surface area contributed by atoms with Crippen molar-refractivity contribution >= 4 is 38.3 Å². The van der Waals surface area contributed by atoms with Gasteiger partial charge in [0, 0.05) is 11.8 Å². The second kappa shape index (κ2) is 5.56. The molecule has 0 heterocycles. The lowest BCUT2D eigenvalue weighted by Crippen LogP contribution is -1.96. The zero-order valence-electron chi connectivity index (χ0n) is 10.4. The predicted molar refractivity (Wildman–Crippen MR) is 80.2 cm³/mol. The van der Waals surface area contributed by atoms with E-state index >= 15 is 0 Å². The van der Waals surface area contributed by atoms with Gasteiger partial charge in [-0.2, -0.15) is 0 Å². The molecule has 0 aromatic heterocycles. The molecule has 0 atom stereocenters. The largest absolute Gasteiger partial charge is 0.276 e. The molecule has 0 amide bonds. The van der Waals surface area contributed by atoms with Crippen LogP contribution in [0.5, 0.6) is 0 Å². The quantitative estimate of drug-likeness (QED) is 0.805. The van der Waals surface area contributed by atoms with Gasteiger partial charge in [-0.3, -0.25) is 4.79 Å². The number of hydrogen-bond donors (Lipinski definition) is 0. The van der Waals surface area contributed by atoms with Crippen LogP contribution in [0, 0.1) is 0 Å². The molecule has 0 bridgehead atoms. The van der Waals surface area contributed by atoms with E-state index in [2.05, 4.69) is 0 Å². The monoisotopic (exact) mass is 328 g/mol. The topological polar surface area (TPSA) is 51.2 Å². The van der Waals surface area contributed by atoms with Gasteiger partial charge in [-0.05, 0) is 35.4 Å². The third-order valence-electron chi connectivity index (χ3n) is 2.80. The summed E-state index contributed by atoms with van der Waals surface area (Å²) >= 11 is 11.6. The van der Waals surface area contributed by atoms with Gasteiger partial charge >= 0.3 is 0 Å². The van der Waals surface area contributed by atoms with Crippen LogP contribution >= 0.6 is 23.2 Å². The van der Waals surface area contributed by atoms with Crippen LogP contribution in [0.4, 0.5) is 0 Å². The van der Waals surface area contributed by atoms with Gasteiger partial charge in [0.25, 0.3) is 5.24 Å². The summed E-state index contributed by atoms with van der Waals surface area (Å²) in [7, 11) is -3.24. The molecule has 0 aliphatic rings. The van der Waals surface area contributed by atoms with Crippen molar-refractivity contribution in [3.05, 3.63) is 53.1 Å². The Kier molecular flexibility index (Phi) is 4.18. The van der Waals surface area contributed by atoms with Crippen LogP contribution in [0.1, 0.15) is 10.4 Å². The number of halogens is 2. The molecule has 0 aliphatic heterocycles. The van der Waals surface area contributed by atoms with E-state index in [0.29, 0.717) is 11.1 Å². The van der Waals surface area contributed by atoms with E-state index in [1.165, 1.54) is 18.2 Å². The van der Waals surface area contributed by atoms with Crippen molar-refractivity contribution in [1.82, 2.24) is 0 Å². The normalized spacial score (nSPS) is 11.3. The Morgan fingerprint density at radius 1 is 1.05 bits per heavy atom. The number of sulfone groups is 1. The molecule has 104 valence electrons. The fourth-order valence-electron chi connectivity index (χ4n) is 1.79. The molecule has 2 rings (SSSR count). The fourth-order valence-corrected chi connectivity index (χ4v) is 2.95. The van der Waals surface area contributed by atoms with Crippen LogP contribution in [-0.2, 0) is 9.84 Å². The lowest BCUT2D eigenvalue weighted by Gasteiger charge is -2.08. The zero-order chi connectivity index (χ0) is 14.9. The minimum atomic E-state index is -3.24. The summed E-state index contributed by atoms with van der Waals surface area (Å²) < 4.78 is 22.8. The van der Waals surface area contributed by atoms with Crippen molar-refractivity contribution in [2.45, 2.75) is 4.90 Å². The highest BCUT2D eigenvalue weighted by molar-refractivity contribution is 7.90. The van der Waals surface area contributed by atoms with Gasteiger partial charge in [0.2, 0.25) is 0 Å². The van der Waals surface area contributed by atoms with Gasteiger partial charge in [-0.15, -0.1) is 0 Å². The van der Waals surface area contributed by atoms with Crippen LogP contribution in [0.25, 0.3) is 11.1 Å². The highest BCUT2D eigenvalue weighted by Gasteiger charge is 2.13. The van der Waals surface area contributed by atoms with E-state index in [1.807, 2.05) is 0 Å². The number of benzene rings is 2. The van der Waals surface area contributed by atoms with Gasteiger partial charge < -0.3 is 0 Å². The predicted octanol–water partition coefficient (Wildman–Crippen LogP) is 3.79. The number of carbonyl (C=O) groups excluding carboxylic acids is 1. The maximum atomic E-state index is 11.4. The van der Waals surface area contributed by atoms with E-state index in [0.717, 1.165) is 6.26 Å². The Hall–Kier alpha value is -1.36. The Morgan fingerprint density at radius 2 is 1.65 bits per heavy atom. The highest BCUT2D eigenvalue weighted by Crippen LogP contribution is 2.32. The summed E-state index contributed by atoms with van der Waals surface area (Å²) in [4.78, 5) is 11.5. The molecule has 0 saturated carbocycles. The molecule has 0 radical (unpaired) electrons. The fraction of sp³-hybridized carbons (Fsp3) is 0.0714. The van der Waals surface area contributed by atoms with Crippen molar-refractivity contribution in [2.24, 2.45) is 0 Å². The molecule has 2 aromatic rings. The van der Waals surface area contributed by atoms with E-state index < -0.39 is 15.1 Å². The Labute approximate surface area is 127 Å². The van der Waals surface area contributed by atoms with E-state index in [1.54, 1.807) is 24.3 Å². The first-order chi connectivity index (χ1) is 9.30. The summed E-state index contributed by atoms with van der Waals surface area (Å²) in [6.45, 7) is 0. The lowest BCUT2D eigenvalue weighted by atomic mass is 10.0. The standard InChI is InChI=1S/C14H10Cl2O3S/c1-20(18,19)10-7-5-9(6-8-10)11-3-2-4-12(13(11)15)14(16)17/h2-8H,1H3. The van der Waals surface area contributed by atoms with Crippen LogP contribution in [0.2, 0.25) is 5.02 Å². The molecule has 0 spiro atoms.